The molecule has 1 aliphatic heterocycles. The molecule has 0 spiro atoms. The summed E-state index contributed by atoms with van der Waals surface area (Å²) in [6.45, 7) is 11.9. The van der Waals surface area contributed by atoms with Gasteiger partial charge in [-0.15, -0.1) is 0 Å². The van der Waals surface area contributed by atoms with E-state index in [0.717, 1.165) is 10.9 Å². The third-order valence-electron chi connectivity index (χ3n) is 12.4. The summed E-state index contributed by atoms with van der Waals surface area (Å²) in [6.07, 6.45) is 4.04. The zero-order valence-electron chi connectivity index (χ0n) is 43.3. The molecule has 1 aliphatic rings. The van der Waals surface area contributed by atoms with E-state index < -0.39 is 120 Å². The van der Waals surface area contributed by atoms with Gasteiger partial charge in [-0.2, -0.15) is 0 Å². The lowest BCUT2D eigenvalue weighted by molar-refractivity contribution is -0.144. The van der Waals surface area contributed by atoms with Gasteiger partial charge in [0.25, 0.3) is 0 Å². The van der Waals surface area contributed by atoms with Crippen molar-refractivity contribution in [3.8, 4) is 0 Å². The zero-order chi connectivity index (χ0) is 54.5. The molecule has 1 aromatic carbocycles. The minimum atomic E-state index is -1.29. The number of nitrogens with one attached hydrogen (secondary N) is 8. The van der Waals surface area contributed by atoms with Gasteiger partial charge in [0.2, 0.25) is 47.3 Å². The number of fused-ring (bicyclic) bond motifs is 1. The number of guanidine groups is 1. The molecule has 2 heterocycles. The number of carboxylic acid groups (broad SMARTS) is 1. The van der Waals surface area contributed by atoms with Crippen LogP contribution in [0.25, 0.3) is 10.9 Å². The van der Waals surface area contributed by atoms with E-state index in [1.54, 1.807) is 33.9 Å². The molecule has 406 valence electrons. The third-order valence-corrected chi connectivity index (χ3v) is 12.4. The topological polar surface area (TPSA) is 394 Å². The predicted octanol–water partition coefficient (Wildman–Crippen LogP) is -1.30. The van der Waals surface area contributed by atoms with E-state index in [2.05, 4.69) is 47.2 Å². The maximum absolute atomic E-state index is 14.9. The smallest absolute Gasteiger partial charge is 0.326 e. The van der Waals surface area contributed by atoms with Crippen LogP contribution < -0.4 is 60.2 Å². The van der Waals surface area contributed by atoms with Crippen LogP contribution in [0.2, 0.25) is 0 Å². The second kappa shape index (κ2) is 29.6. The summed E-state index contributed by atoms with van der Waals surface area (Å²) in [5, 5.41) is 29.0. The van der Waals surface area contributed by atoms with Gasteiger partial charge in [-0.05, 0) is 94.2 Å². The molecule has 17 N–H and O–H groups in total. The van der Waals surface area contributed by atoms with Gasteiger partial charge in [0.15, 0.2) is 5.96 Å². The summed E-state index contributed by atoms with van der Waals surface area (Å²) in [6, 6.07) is -1.69. The number of rotatable bonds is 30. The summed E-state index contributed by atoms with van der Waals surface area (Å²) in [5.74, 6) is -7.60. The van der Waals surface area contributed by atoms with Crippen molar-refractivity contribution in [1.82, 2.24) is 47.1 Å². The monoisotopic (exact) mass is 1020 g/mol. The molecular formula is C49H80N14O10. The van der Waals surface area contributed by atoms with Crippen LogP contribution in [0.3, 0.4) is 0 Å². The second-order valence-corrected chi connectivity index (χ2v) is 19.7. The number of aliphatic carboxylic acids is 1. The van der Waals surface area contributed by atoms with Crippen molar-refractivity contribution in [3.63, 3.8) is 0 Å². The third kappa shape index (κ3) is 19.3. The van der Waals surface area contributed by atoms with Gasteiger partial charge in [-0.3, -0.25) is 43.3 Å². The number of H-pyrrole nitrogens is 1. The van der Waals surface area contributed by atoms with Gasteiger partial charge in [0.1, 0.15) is 42.3 Å². The second-order valence-electron chi connectivity index (χ2n) is 19.7. The van der Waals surface area contributed by atoms with E-state index in [9.17, 15) is 48.3 Å². The zero-order valence-corrected chi connectivity index (χ0v) is 43.3. The Morgan fingerprint density at radius 3 is 2.01 bits per heavy atom. The summed E-state index contributed by atoms with van der Waals surface area (Å²) in [4.78, 5) is 130. The van der Waals surface area contributed by atoms with Crippen LogP contribution in [-0.2, 0) is 49.6 Å². The molecule has 3 rings (SSSR count). The number of hydrogen-bond donors (Lipinski definition) is 13. The van der Waals surface area contributed by atoms with Crippen molar-refractivity contribution in [2.24, 2.45) is 45.7 Å². The predicted molar refractivity (Wildman–Crippen MR) is 275 cm³/mol. The molecule has 8 atom stereocenters. The van der Waals surface area contributed by atoms with Crippen LogP contribution in [0.1, 0.15) is 105 Å². The first kappa shape index (κ1) is 60.5. The molecular weight excluding hydrogens is 945 g/mol. The molecule has 24 nitrogen and oxygen atoms in total. The van der Waals surface area contributed by atoms with Gasteiger partial charge < -0.3 is 75.1 Å². The van der Waals surface area contributed by atoms with E-state index in [-0.39, 0.29) is 57.1 Å². The number of aliphatic imine (C=N–C) groups is 1. The molecule has 1 saturated heterocycles. The number of carbonyl (C=O) groups is 9. The van der Waals surface area contributed by atoms with Crippen molar-refractivity contribution in [2.75, 3.05) is 26.2 Å². The van der Waals surface area contributed by atoms with E-state index in [4.69, 9.17) is 22.9 Å². The Hall–Kier alpha value is -6.82. The summed E-state index contributed by atoms with van der Waals surface area (Å²) in [7, 11) is 0. The SMILES string of the molecule is CC(C)C[C@H](N)C(=O)N[C@@H](C)C(=O)NCC(=O)N[C@@H](CCCN=C(N)N)C(=O)N[C@@H](Cc1c[nH]c2ccccc12)C(=O)N1CCC[C@H]1C(=O)N[C@H](C(=O)N[C@@H](CCCCN)C(=O)N[C@H](C(=O)O)C(C)C)C(C)C. The Balaban J connectivity index is 1.88. The minimum Gasteiger partial charge on any atom is -0.480 e. The largest absolute Gasteiger partial charge is 0.480 e. The summed E-state index contributed by atoms with van der Waals surface area (Å²) in [5.41, 5.74) is 24.1. The maximum atomic E-state index is 14.9. The molecule has 73 heavy (non-hydrogen) atoms. The highest BCUT2D eigenvalue weighted by atomic mass is 16.4. The number of unbranched alkanes of at least 4 members (excludes halogenated alkanes) is 1. The molecule has 0 unspecified atom stereocenters. The fourth-order valence-corrected chi connectivity index (χ4v) is 8.41. The maximum Gasteiger partial charge on any atom is 0.326 e. The Morgan fingerprint density at radius 1 is 0.753 bits per heavy atom. The highest BCUT2D eigenvalue weighted by Crippen LogP contribution is 2.24. The number of nitrogens with two attached hydrogens (primary N) is 4. The lowest BCUT2D eigenvalue weighted by Crippen LogP contribution is -2.60. The molecule has 0 saturated carbocycles. The average Bonchev–Trinajstić information content (AvgIpc) is 3.99. The Labute approximate surface area is 426 Å². The molecule has 1 fully saturated rings. The molecule has 0 bridgehead atoms. The number of hydrogen-bond acceptors (Lipinski definition) is 12. The number of nitrogens with zero attached hydrogens (tertiary/aromatic N) is 2. The van der Waals surface area contributed by atoms with E-state index in [0.29, 0.717) is 37.8 Å². The fraction of sp³-hybridized carbons (Fsp3) is 0.633. The van der Waals surface area contributed by atoms with E-state index in [1.807, 2.05) is 38.1 Å². The average molecular weight is 1030 g/mol. The summed E-state index contributed by atoms with van der Waals surface area (Å²) < 4.78 is 0. The first-order chi connectivity index (χ1) is 34.4. The van der Waals surface area contributed by atoms with E-state index in [1.165, 1.54) is 11.8 Å². The molecule has 1 aromatic heterocycles. The van der Waals surface area contributed by atoms with Crippen LogP contribution in [-0.4, -0.2) is 149 Å². The number of carbonyl (C=O) groups excluding carboxylic acids is 8. The standard InChI is InChI=1S/C49H80N14O10/c1-26(2)22-32(51)42(66)57-29(7)41(65)56-25-38(64)58-34(17-12-20-54-49(52)53)43(67)60-36(23-30-24-55-33-15-9-8-14-31(30)33)47(71)63-21-13-18-37(63)45(69)61-39(27(3)4)46(70)59-35(16-10-11-19-50)44(68)62-40(28(5)6)48(72)73/h8-9,14-15,24,26-29,32,34-37,39-40,55H,10-13,16-23,25,50-51H2,1-7H3,(H,56,65)(H,57,66)(H,58,64)(H,59,70)(H,60,67)(H,61,69)(H,62,68)(H,72,73)(H4,52,53,54)/t29-,32-,34-,35-,36-,37-,39-,40-/m0/s1. The number of benzene rings is 1. The van der Waals surface area contributed by atoms with Gasteiger partial charge in [-0.25, -0.2) is 4.79 Å². The van der Waals surface area contributed by atoms with Crippen LogP contribution >= 0.6 is 0 Å². The van der Waals surface area contributed by atoms with Crippen LogP contribution in [0, 0.1) is 17.8 Å². The number of aromatic nitrogens is 1. The van der Waals surface area contributed by atoms with Gasteiger partial charge >= 0.3 is 5.97 Å². The molecule has 8 amide bonds. The van der Waals surface area contributed by atoms with Gasteiger partial charge in [0, 0.05) is 36.6 Å². The number of para-hydroxylation sites is 1. The first-order valence-corrected chi connectivity index (χ1v) is 25.1. The quantitative estimate of drug-likeness (QED) is 0.0246. The van der Waals surface area contributed by atoms with Crippen molar-refractivity contribution < 1.29 is 48.3 Å². The van der Waals surface area contributed by atoms with Crippen molar-refractivity contribution in [3.05, 3.63) is 36.0 Å². The van der Waals surface area contributed by atoms with Crippen molar-refractivity contribution in [2.45, 2.75) is 155 Å². The molecule has 0 radical (unpaired) electrons. The molecule has 24 heteroatoms. The summed E-state index contributed by atoms with van der Waals surface area (Å²) >= 11 is 0. The highest BCUT2D eigenvalue weighted by Gasteiger charge is 2.41. The Morgan fingerprint density at radius 2 is 1.38 bits per heavy atom. The lowest BCUT2D eigenvalue weighted by atomic mass is 10.00. The molecule has 2 aromatic rings. The number of likely N-dealkylation sites (tertiary alicyclic amines) is 1. The van der Waals surface area contributed by atoms with Crippen LogP contribution in [0.4, 0.5) is 0 Å². The first-order valence-electron chi connectivity index (χ1n) is 25.1. The fourth-order valence-electron chi connectivity index (χ4n) is 8.41. The minimum absolute atomic E-state index is 0.00268. The van der Waals surface area contributed by atoms with Crippen LogP contribution in [0.15, 0.2) is 35.5 Å². The lowest BCUT2D eigenvalue weighted by Gasteiger charge is -2.31. The van der Waals surface area contributed by atoms with Crippen molar-refractivity contribution >= 4 is 70.1 Å². The Kier molecular flexibility index (Phi) is 24.6. The number of amides is 8. The Bertz CT molecular complexity index is 2250. The molecule has 0 aliphatic carbocycles. The normalized spacial score (nSPS) is 16.3. The number of aromatic amines is 1. The van der Waals surface area contributed by atoms with Gasteiger partial charge in [-0.1, -0.05) is 59.7 Å². The highest BCUT2D eigenvalue weighted by molar-refractivity contribution is 5.98. The van der Waals surface area contributed by atoms with Crippen LogP contribution in [0.5, 0.6) is 0 Å². The van der Waals surface area contributed by atoms with Gasteiger partial charge in [0.05, 0.1) is 12.6 Å². The van der Waals surface area contributed by atoms with Crippen molar-refractivity contribution in [1.29, 1.82) is 0 Å². The number of carboxylic acids is 1. The van der Waals surface area contributed by atoms with E-state index >= 15 is 0 Å².